The molecule has 1 N–H and O–H groups in total. The molecule has 0 spiro atoms. The molecule has 0 saturated heterocycles. The Kier molecular flexibility index (Phi) is 6.62. The summed E-state index contributed by atoms with van der Waals surface area (Å²) in [6.07, 6.45) is 3.34. The lowest BCUT2D eigenvalue weighted by molar-refractivity contribution is 0.306. The summed E-state index contributed by atoms with van der Waals surface area (Å²) in [5.41, 5.74) is 0.740. The van der Waals surface area contributed by atoms with Crippen LogP contribution in [0.2, 0.25) is 0 Å². The Labute approximate surface area is 114 Å². The number of benzene rings is 1. The molecule has 108 valence electrons. The number of hydrogen-bond donors (Lipinski definition) is 1. The van der Waals surface area contributed by atoms with Gasteiger partial charge in [-0.15, -0.1) is 3.89 Å². The highest BCUT2D eigenvalue weighted by atomic mass is 32.3. The van der Waals surface area contributed by atoms with E-state index in [2.05, 4.69) is 12.2 Å². The molecule has 0 heterocycles. The lowest BCUT2D eigenvalue weighted by atomic mass is 10.2. The molecule has 0 unspecified atom stereocenters. The van der Waals surface area contributed by atoms with E-state index in [1.807, 2.05) is 0 Å². The zero-order valence-corrected chi connectivity index (χ0v) is 11.9. The third-order valence-electron chi connectivity index (χ3n) is 2.55. The minimum Gasteiger partial charge on any atom is -0.494 e. The molecule has 0 saturated carbocycles. The van der Waals surface area contributed by atoms with E-state index in [0.717, 1.165) is 30.7 Å². The molecular formula is C13H20FNO3S. The minimum absolute atomic E-state index is 0.0511. The molecule has 0 aromatic heterocycles. The van der Waals surface area contributed by atoms with E-state index in [9.17, 15) is 12.3 Å². The lowest BCUT2D eigenvalue weighted by Crippen LogP contribution is -2.11. The van der Waals surface area contributed by atoms with Crippen molar-refractivity contribution in [2.75, 3.05) is 24.2 Å². The van der Waals surface area contributed by atoms with Crippen LogP contribution < -0.4 is 10.1 Å². The van der Waals surface area contributed by atoms with E-state index in [-0.39, 0.29) is 6.54 Å². The molecular weight excluding hydrogens is 269 g/mol. The van der Waals surface area contributed by atoms with Crippen LogP contribution in [-0.2, 0) is 10.2 Å². The number of halogens is 1. The molecule has 0 radical (unpaired) electrons. The van der Waals surface area contributed by atoms with Gasteiger partial charge in [-0.05, 0) is 30.7 Å². The summed E-state index contributed by atoms with van der Waals surface area (Å²) in [4.78, 5) is 0. The van der Waals surface area contributed by atoms with Crippen molar-refractivity contribution in [1.82, 2.24) is 0 Å². The molecule has 1 aromatic rings. The smallest absolute Gasteiger partial charge is 0.304 e. The van der Waals surface area contributed by atoms with Crippen LogP contribution >= 0.6 is 0 Å². The Morgan fingerprint density at radius 3 is 2.47 bits per heavy atom. The van der Waals surface area contributed by atoms with Crippen molar-refractivity contribution in [2.24, 2.45) is 0 Å². The Morgan fingerprint density at radius 2 is 1.89 bits per heavy atom. The maximum atomic E-state index is 12.3. The maximum absolute atomic E-state index is 12.3. The van der Waals surface area contributed by atoms with Gasteiger partial charge in [0.15, 0.2) is 0 Å². The fourth-order valence-electron chi connectivity index (χ4n) is 1.53. The predicted molar refractivity (Wildman–Crippen MR) is 74.8 cm³/mol. The van der Waals surface area contributed by atoms with E-state index in [1.165, 1.54) is 0 Å². The second-order valence-corrected chi connectivity index (χ2v) is 5.74. The molecule has 19 heavy (non-hydrogen) atoms. The number of unbranched alkanes of at least 4 members (excludes halogenated alkanes) is 2. The number of nitrogens with one attached hydrogen (secondary N) is 1. The third-order valence-corrected chi connectivity index (χ3v) is 3.24. The topological polar surface area (TPSA) is 55.4 Å². The first kappa shape index (κ1) is 15.8. The lowest BCUT2D eigenvalue weighted by Gasteiger charge is -2.08. The van der Waals surface area contributed by atoms with E-state index < -0.39 is 16.0 Å². The highest BCUT2D eigenvalue weighted by molar-refractivity contribution is 7.86. The molecule has 1 aromatic carbocycles. The zero-order valence-electron chi connectivity index (χ0n) is 11.1. The van der Waals surface area contributed by atoms with Gasteiger partial charge in [-0.25, -0.2) is 0 Å². The first-order chi connectivity index (χ1) is 9.01. The molecule has 1 rings (SSSR count). The highest BCUT2D eigenvalue weighted by Gasteiger charge is 2.05. The van der Waals surface area contributed by atoms with Gasteiger partial charge in [0.2, 0.25) is 0 Å². The predicted octanol–water partition coefficient (Wildman–Crippen LogP) is 2.97. The van der Waals surface area contributed by atoms with Crippen LogP contribution in [0, 0.1) is 0 Å². The Hall–Kier alpha value is -1.30. The standard InChI is InChI=1S/C13H20FNO3S/c1-2-3-4-10-18-13-7-5-12(6-8-13)15-9-11-19(14,16)17/h5-8,15H,2-4,9-11H2,1H3. The molecule has 0 aliphatic carbocycles. The molecule has 0 aliphatic rings. The molecule has 0 bridgehead atoms. The molecule has 0 fully saturated rings. The van der Waals surface area contributed by atoms with Crippen LogP contribution in [-0.4, -0.2) is 27.3 Å². The van der Waals surface area contributed by atoms with Gasteiger partial charge in [0.1, 0.15) is 5.75 Å². The summed E-state index contributed by atoms with van der Waals surface area (Å²) in [5, 5.41) is 2.83. The Morgan fingerprint density at radius 1 is 1.21 bits per heavy atom. The Bertz CT molecular complexity index is 459. The van der Waals surface area contributed by atoms with Crippen LogP contribution in [0.4, 0.5) is 9.57 Å². The van der Waals surface area contributed by atoms with Gasteiger partial charge in [-0.3, -0.25) is 0 Å². The summed E-state index contributed by atoms with van der Waals surface area (Å²) in [7, 11) is -4.41. The van der Waals surface area contributed by atoms with Gasteiger partial charge < -0.3 is 10.1 Å². The summed E-state index contributed by atoms with van der Waals surface area (Å²) >= 11 is 0. The fraction of sp³-hybridized carbons (Fsp3) is 0.538. The first-order valence-electron chi connectivity index (χ1n) is 6.40. The largest absolute Gasteiger partial charge is 0.494 e. The quantitative estimate of drug-likeness (QED) is 0.561. The van der Waals surface area contributed by atoms with Gasteiger partial charge in [-0.1, -0.05) is 19.8 Å². The molecule has 0 atom stereocenters. The van der Waals surface area contributed by atoms with Crippen molar-refractivity contribution in [3.8, 4) is 5.75 Å². The van der Waals surface area contributed by atoms with Crippen LogP contribution in [0.5, 0.6) is 5.75 Å². The van der Waals surface area contributed by atoms with Crippen molar-refractivity contribution >= 4 is 15.9 Å². The molecule has 4 nitrogen and oxygen atoms in total. The monoisotopic (exact) mass is 289 g/mol. The van der Waals surface area contributed by atoms with Gasteiger partial charge in [0.25, 0.3) is 0 Å². The number of ether oxygens (including phenoxy) is 1. The molecule has 0 amide bonds. The highest BCUT2D eigenvalue weighted by Crippen LogP contribution is 2.16. The van der Waals surface area contributed by atoms with E-state index in [4.69, 9.17) is 4.74 Å². The minimum atomic E-state index is -4.41. The van der Waals surface area contributed by atoms with Gasteiger partial charge in [0, 0.05) is 12.2 Å². The summed E-state index contributed by atoms with van der Waals surface area (Å²) < 4.78 is 38.4. The number of hydrogen-bond acceptors (Lipinski definition) is 4. The summed E-state index contributed by atoms with van der Waals surface area (Å²) in [6.45, 7) is 2.88. The van der Waals surface area contributed by atoms with Crippen LogP contribution in [0.25, 0.3) is 0 Å². The van der Waals surface area contributed by atoms with E-state index in [0.29, 0.717) is 6.61 Å². The second-order valence-electron chi connectivity index (χ2n) is 4.25. The average molecular weight is 289 g/mol. The third kappa shape index (κ3) is 7.66. The molecule has 6 heteroatoms. The number of rotatable bonds is 9. The normalized spacial score (nSPS) is 11.3. The first-order valence-corrected chi connectivity index (χ1v) is 7.95. The zero-order chi connectivity index (χ0) is 14.1. The van der Waals surface area contributed by atoms with Crippen molar-refractivity contribution in [1.29, 1.82) is 0 Å². The molecule has 0 aliphatic heterocycles. The van der Waals surface area contributed by atoms with Crippen molar-refractivity contribution < 1.29 is 17.0 Å². The van der Waals surface area contributed by atoms with E-state index in [1.54, 1.807) is 24.3 Å². The van der Waals surface area contributed by atoms with Gasteiger partial charge in [-0.2, -0.15) is 8.42 Å². The van der Waals surface area contributed by atoms with Crippen LogP contribution in [0.3, 0.4) is 0 Å². The van der Waals surface area contributed by atoms with Gasteiger partial charge >= 0.3 is 10.2 Å². The fourth-order valence-corrected chi connectivity index (χ4v) is 1.87. The van der Waals surface area contributed by atoms with Crippen LogP contribution in [0.15, 0.2) is 24.3 Å². The second kappa shape index (κ2) is 7.99. The van der Waals surface area contributed by atoms with Crippen molar-refractivity contribution in [3.63, 3.8) is 0 Å². The SMILES string of the molecule is CCCCCOc1ccc(NCCS(=O)(=O)F)cc1. The van der Waals surface area contributed by atoms with Crippen molar-refractivity contribution in [3.05, 3.63) is 24.3 Å². The summed E-state index contributed by atoms with van der Waals surface area (Å²) in [5.74, 6) is 0.252. The Balaban J connectivity index is 2.31. The van der Waals surface area contributed by atoms with E-state index >= 15 is 0 Å². The average Bonchev–Trinajstić information content (AvgIpc) is 2.35. The van der Waals surface area contributed by atoms with Crippen molar-refractivity contribution in [2.45, 2.75) is 26.2 Å². The maximum Gasteiger partial charge on any atom is 0.304 e. The summed E-state index contributed by atoms with van der Waals surface area (Å²) in [6, 6.07) is 7.16. The van der Waals surface area contributed by atoms with Gasteiger partial charge in [0.05, 0.1) is 12.4 Å². The number of anilines is 1. The van der Waals surface area contributed by atoms with Crippen LogP contribution in [0.1, 0.15) is 26.2 Å².